The van der Waals surface area contributed by atoms with Crippen molar-refractivity contribution in [3.63, 3.8) is 0 Å². The van der Waals surface area contributed by atoms with Gasteiger partial charge in [0.25, 0.3) is 0 Å². The predicted octanol–water partition coefficient (Wildman–Crippen LogP) is 2.61. The molecule has 0 aliphatic carbocycles. The molecular weight excluding hydrogens is 362 g/mol. The van der Waals surface area contributed by atoms with E-state index in [0.29, 0.717) is 11.8 Å². The van der Waals surface area contributed by atoms with Crippen LogP contribution in [-0.4, -0.2) is 27.1 Å². The Morgan fingerprint density at radius 1 is 1.12 bits per heavy atom. The number of nitrogens with one attached hydrogen (secondary N) is 1. The summed E-state index contributed by atoms with van der Waals surface area (Å²) in [6, 6.07) is 10.4. The molecule has 3 N–H and O–H groups in total. The zero-order chi connectivity index (χ0) is 17.7. The molecule has 6 nitrogen and oxygen atoms in total. The quantitative estimate of drug-likeness (QED) is 0.763. The van der Waals surface area contributed by atoms with Crippen LogP contribution in [0.5, 0.6) is 5.88 Å². The van der Waals surface area contributed by atoms with E-state index in [1.54, 1.807) is 0 Å². The third kappa shape index (κ3) is 5.67. The first-order valence-corrected chi connectivity index (χ1v) is 9.17. The topological polar surface area (TPSA) is 94.3 Å². The molecule has 2 rings (SSSR count). The average Bonchev–Trinajstić information content (AvgIpc) is 2.60. The minimum absolute atomic E-state index is 0. The SMILES string of the molecule is COc1ccc(S(=O)(=O)NCC(N)c2ccc(C(C)C)cc2)cn1.Cl. The van der Waals surface area contributed by atoms with Gasteiger partial charge in [0.1, 0.15) is 4.90 Å². The Morgan fingerprint density at radius 3 is 2.20 bits per heavy atom. The fourth-order valence-corrected chi connectivity index (χ4v) is 3.18. The fraction of sp³-hybridized carbons (Fsp3) is 0.353. The van der Waals surface area contributed by atoms with Crippen molar-refractivity contribution in [2.45, 2.75) is 30.7 Å². The fourth-order valence-electron chi connectivity index (χ4n) is 2.18. The third-order valence-electron chi connectivity index (χ3n) is 3.75. The van der Waals surface area contributed by atoms with Crippen LogP contribution in [0.1, 0.15) is 36.9 Å². The summed E-state index contributed by atoms with van der Waals surface area (Å²) in [5.74, 6) is 0.798. The van der Waals surface area contributed by atoms with Crippen molar-refractivity contribution >= 4 is 22.4 Å². The Labute approximate surface area is 155 Å². The maximum Gasteiger partial charge on any atom is 0.242 e. The van der Waals surface area contributed by atoms with E-state index in [1.165, 1.54) is 31.0 Å². The van der Waals surface area contributed by atoms with Crippen molar-refractivity contribution in [2.75, 3.05) is 13.7 Å². The number of nitrogens with zero attached hydrogens (tertiary/aromatic N) is 1. The lowest BCUT2D eigenvalue weighted by Crippen LogP contribution is -2.32. The lowest BCUT2D eigenvalue weighted by atomic mass is 9.99. The highest BCUT2D eigenvalue weighted by molar-refractivity contribution is 7.89. The number of rotatable bonds is 7. The number of pyridine rings is 1. The summed E-state index contributed by atoms with van der Waals surface area (Å²) in [4.78, 5) is 3.98. The minimum atomic E-state index is -3.66. The maximum atomic E-state index is 12.3. The Balaban J connectivity index is 0.00000312. The largest absolute Gasteiger partial charge is 0.481 e. The van der Waals surface area contributed by atoms with Gasteiger partial charge in [0.2, 0.25) is 15.9 Å². The summed E-state index contributed by atoms with van der Waals surface area (Å²) < 4.78 is 32.0. The number of benzene rings is 1. The molecule has 1 aromatic heterocycles. The number of hydrogen-bond donors (Lipinski definition) is 2. The van der Waals surface area contributed by atoms with Gasteiger partial charge in [-0.3, -0.25) is 0 Å². The molecule has 1 unspecified atom stereocenters. The Hall–Kier alpha value is -1.67. The maximum absolute atomic E-state index is 12.3. The summed E-state index contributed by atoms with van der Waals surface area (Å²) in [6.45, 7) is 4.34. The van der Waals surface area contributed by atoms with Gasteiger partial charge in [-0.15, -0.1) is 12.4 Å². The van der Waals surface area contributed by atoms with Crippen molar-refractivity contribution in [3.8, 4) is 5.88 Å². The van der Waals surface area contributed by atoms with Gasteiger partial charge in [0, 0.05) is 18.7 Å². The molecule has 0 radical (unpaired) electrons. The van der Waals surface area contributed by atoms with Crippen LogP contribution in [0.2, 0.25) is 0 Å². The van der Waals surface area contributed by atoms with Crippen LogP contribution in [0, 0.1) is 0 Å². The first kappa shape index (κ1) is 21.4. The second-order valence-corrected chi connectivity index (χ2v) is 7.58. The average molecular weight is 386 g/mol. The molecule has 25 heavy (non-hydrogen) atoms. The monoisotopic (exact) mass is 385 g/mol. The second-order valence-electron chi connectivity index (χ2n) is 5.82. The van der Waals surface area contributed by atoms with Crippen molar-refractivity contribution in [1.82, 2.24) is 9.71 Å². The molecule has 1 heterocycles. The van der Waals surface area contributed by atoms with Gasteiger partial charge in [-0.1, -0.05) is 38.1 Å². The number of hydrogen-bond acceptors (Lipinski definition) is 5. The summed E-state index contributed by atoms with van der Waals surface area (Å²) in [7, 11) is -2.19. The molecule has 0 spiro atoms. The highest BCUT2D eigenvalue weighted by Crippen LogP contribution is 2.18. The van der Waals surface area contributed by atoms with Crippen molar-refractivity contribution in [3.05, 3.63) is 53.7 Å². The molecule has 1 aromatic carbocycles. The van der Waals surface area contributed by atoms with Gasteiger partial charge in [0.05, 0.1) is 13.3 Å². The van der Waals surface area contributed by atoms with E-state index in [2.05, 4.69) is 23.6 Å². The van der Waals surface area contributed by atoms with E-state index in [4.69, 9.17) is 10.5 Å². The van der Waals surface area contributed by atoms with Gasteiger partial charge in [-0.2, -0.15) is 0 Å². The number of ether oxygens (including phenoxy) is 1. The summed E-state index contributed by atoms with van der Waals surface area (Å²) in [6.07, 6.45) is 1.25. The summed E-state index contributed by atoms with van der Waals surface area (Å²) in [5.41, 5.74) is 8.19. The van der Waals surface area contributed by atoms with Crippen LogP contribution >= 0.6 is 12.4 Å². The second kappa shape index (κ2) is 9.15. The lowest BCUT2D eigenvalue weighted by molar-refractivity contribution is 0.397. The first-order valence-electron chi connectivity index (χ1n) is 7.68. The predicted molar refractivity (Wildman–Crippen MR) is 101 cm³/mol. The minimum Gasteiger partial charge on any atom is -0.481 e. The molecule has 2 aromatic rings. The van der Waals surface area contributed by atoms with Gasteiger partial charge >= 0.3 is 0 Å². The molecule has 0 amide bonds. The van der Waals surface area contributed by atoms with E-state index >= 15 is 0 Å². The van der Waals surface area contributed by atoms with Crippen LogP contribution in [0.3, 0.4) is 0 Å². The molecular formula is C17H24ClN3O3S. The lowest BCUT2D eigenvalue weighted by Gasteiger charge is -2.15. The van der Waals surface area contributed by atoms with Crippen molar-refractivity contribution in [2.24, 2.45) is 5.73 Å². The molecule has 0 fully saturated rings. The molecule has 0 aliphatic rings. The smallest absolute Gasteiger partial charge is 0.242 e. The van der Waals surface area contributed by atoms with E-state index in [1.807, 2.05) is 24.3 Å². The molecule has 0 saturated heterocycles. The number of methoxy groups -OCH3 is 1. The van der Waals surface area contributed by atoms with Gasteiger partial charge in [-0.25, -0.2) is 18.1 Å². The molecule has 0 aliphatic heterocycles. The molecule has 0 bridgehead atoms. The molecule has 8 heteroatoms. The number of aromatic nitrogens is 1. The van der Waals surface area contributed by atoms with Gasteiger partial charge < -0.3 is 10.5 Å². The summed E-state index contributed by atoms with van der Waals surface area (Å²) in [5, 5.41) is 0. The number of nitrogens with two attached hydrogens (primary N) is 1. The van der Waals surface area contributed by atoms with Crippen LogP contribution in [0.15, 0.2) is 47.5 Å². The molecule has 1 atom stereocenters. The van der Waals surface area contributed by atoms with Crippen LogP contribution in [0.4, 0.5) is 0 Å². The summed E-state index contributed by atoms with van der Waals surface area (Å²) >= 11 is 0. The van der Waals surface area contributed by atoms with Gasteiger partial charge in [0.15, 0.2) is 0 Å². The highest BCUT2D eigenvalue weighted by Gasteiger charge is 2.17. The van der Waals surface area contributed by atoms with Crippen molar-refractivity contribution in [1.29, 1.82) is 0 Å². The van der Waals surface area contributed by atoms with E-state index in [-0.39, 0.29) is 23.8 Å². The van der Waals surface area contributed by atoms with Crippen LogP contribution in [-0.2, 0) is 10.0 Å². The number of sulfonamides is 1. The van der Waals surface area contributed by atoms with Crippen LogP contribution in [0.25, 0.3) is 0 Å². The van der Waals surface area contributed by atoms with Crippen LogP contribution < -0.4 is 15.2 Å². The normalized spacial score (nSPS) is 12.5. The Kier molecular flexibility index (Phi) is 7.82. The number of halogens is 1. The Bertz CT molecular complexity index is 763. The van der Waals surface area contributed by atoms with E-state index in [0.717, 1.165) is 5.56 Å². The van der Waals surface area contributed by atoms with Gasteiger partial charge in [-0.05, 0) is 23.1 Å². The molecule has 0 saturated carbocycles. The molecule has 138 valence electrons. The standard InChI is InChI=1S/C17H23N3O3S.ClH/c1-12(2)13-4-6-14(7-5-13)16(18)11-20-24(21,22)15-8-9-17(23-3)19-10-15;/h4-10,12,16,20H,11,18H2,1-3H3;1H. The zero-order valence-electron chi connectivity index (χ0n) is 14.5. The van der Waals surface area contributed by atoms with Crippen molar-refractivity contribution < 1.29 is 13.2 Å². The van der Waals surface area contributed by atoms with E-state index in [9.17, 15) is 8.42 Å². The van der Waals surface area contributed by atoms with E-state index < -0.39 is 16.1 Å². The highest BCUT2D eigenvalue weighted by atomic mass is 35.5. The third-order valence-corrected chi connectivity index (χ3v) is 5.16. The zero-order valence-corrected chi connectivity index (χ0v) is 16.1. The first-order chi connectivity index (χ1) is 11.3. The Morgan fingerprint density at radius 2 is 1.72 bits per heavy atom.